The van der Waals surface area contributed by atoms with Gasteiger partial charge >= 0.3 is 0 Å². The van der Waals surface area contributed by atoms with Gasteiger partial charge in [-0.25, -0.2) is 0 Å². The predicted molar refractivity (Wildman–Crippen MR) is 112 cm³/mol. The van der Waals surface area contributed by atoms with Crippen LogP contribution in [-0.2, 0) is 9.63 Å². The van der Waals surface area contributed by atoms with Gasteiger partial charge in [0.15, 0.2) is 0 Å². The lowest BCUT2D eigenvalue weighted by Gasteiger charge is -2.24. The monoisotopic (exact) mass is 368 g/mol. The van der Waals surface area contributed by atoms with E-state index in [1.165, 1.54) is 0 Å². The lowest BCUT2D eigenvalue weighted by atomic mass is 9.82. The molecule has 0 saturated heterocycles. The molecule has 26 heavy (non-hydrogen) atoms. The number of carbonyl (C=O) groups excluding carboxylic acids is 1. The van der Waals surface area contributed by atoms with Gasteiger partial charge in [-0.1, -0.05) is 67.5 Å². The Labute approximate surface area is 162 Å². The van der Waals surface area contributed by atoms with Crippen molar-refractivity contribution in [3.8, 4) is 0 Å². The van der Waals surface area contributed by atoms with Gasteiger partial charge in [0.05, 0.1) is 5.71 Å². The van der Waals surface area contributed by atoms with Gasteiger partial charge in [-0.15, -0.1) is 0 Å². The number of nitrogens with one attached hydrogen (secondary N) is 1. The lowest BCUT2D eigenvalue weighted by Crippen LogP contribution is -2.27. The molecular weight excluding hydrogens is 324 g/mol. The van der Waals surface area contributed by atoms with Crippen LogP contribution in [0.1, 0.15) is 101 Å². The molecule has 0 bridgehead atoms. The first-order valence-corrected chi connectivity index (χ1v) is 10.1. The molecule has 0 aromatic carbocycles. The fourth-order valence-electron chi connectivity index (χ4n) is 2.61. The summed E-state index contributed by atoms with van der Waals surface area (Å²) in [6.45, 7) is 21.2. The number of oxime groups is 1. The second-order valence-electron chi connectivity index (χ2n) is 11.1. The zero-order valence-electron chi connectivity index (χ0n) is 18.9. The summed E-state index contributed by atoms with van der Waals surface area (Å²) in [5, 5.41) is 7.40. The molecular formula is C22H44N2O2. The van der Waals surface area contributed by atoms with Crippen LogP contribution in [0.3, 0.4) is 0 Å². The number of carbonyl (C=O) groups is 1. The minimum absolute atomic E-state index is 0.138. The molecule has 0 rings (SSSR count). The van der Waals surface area contributed by atoms with Gasteiger partial charge in [0.25, 0.3) is 0 Å². The van der Waals surface area contributed by atoms with Crippen LogP contribution in [0.5, 0.6) is 0 Å². The van der Waals surface area contributed by atoms with Gasteiger partial charge in [0.1, 0.15) is 6.61 Å². The van der Waals surface area contributed by atoms with E-state index in [1.54, 1.807) is 0 Å². The summed E-state index contributed by atoms with van der Waals surface area (Å²) in [7, 11) is 0. The van der Waals surface area contributed by atoms with Crippen LogP contribution >= 0.6 is 0 Å². The third-order valence-electron chi connectivity index (χ3n) is 3.75. The number of hydrogen-bond donors (Lipinski definition) is 1. The maximum atomic E-state index is 11.8. The minimum Gasteiger partial charge on any atom is -0.396 e. The number of amides is 1. The highest BCUT2D eigenvalue weighted by atomic mass is 16.6. The van der Waals surface area contributed by atoms with E-state index < -0.39 is 0 Å². The first-order valence-electron chi connectivity index (χ1n) is 10.1. The Morgan fingerprint density at radius 2 is 1.38 bits per heavy atom. The SMILES string of the molecule is CC(C)(C)CCNC(=O)CCCCON=C(CC(C)(C)C)CC(C)(C)C. The highest BCUT2D eigenvalue weighted by molar-refractivity contribution is 5.85. The molecule has 0 atom stereocenters. The average molecular weight is 369 g/mol. The topological polar surface area (TPSA) is 50.7 Å². The van der Waals surface area contributed by atoms with E-state index in [2.05, 4.69) is 72.8 Å². The smallest absolute Gasteiger partial charge is 0.219 e. The molecule has 154 valence electrons. The maximum absolute atomic E-state index is 11.8. The van der Waals surface area contributed by atoms with Crippen molar-refractivity contribution in [3.05, 3.63) is 0 Å². The van der Waals surface area contributed by atoms with E-state index >= 15 is 0 Å². The summed E-state index contributed by atoms with van der Waals surface area (Å²) >= 11 is 0. The number of hydrogen-bond acceptors (Lipinski definition) is 3. The first-order chi connectivity index (χ1) is 11.7. The molecule has 1 amide bonds. The van der Waals surface area contributed by atoms with Gasteiger partial charge in [0.2, 0.25) is 5.91 Å². The Morgan fingerprint density at radius 3 is 1.85 bits per heavy atom. The molecule has 0 fully saturated rings. The van der Waals surface area contributed by atoms with Gasteiger partial charge < -0.3 is 10.2 Å². The third kappa shape index (κ3) is 17.8. The van der Waals surface area contributed by atoms with E-state index in [0.717, 1.165) is 44.4 Å². The lowest BCUT2D eigenvalue weighted by molar-refractivity contribution is -0.121. The minimum atomic E-state index is 0.138. The van der Waals surface area contributed by atoms with Crippen molar-refractivity contribution >= 4 is 11.6 Å². The normalized spacial score (nSPS) is 12.7. The van der Waals surface area contributed by atoms with Crippen LogP contribution in [0.4, 0.5) is 0 Å². The van der Waals surface area contributed by atoms with Crippen molar-refractivity contribution in [2.45, 2.75) is 101 Å². The Balaban J connectivity index is 4.08. The fraction of sp³-hybridized carbons (Fsp3) is 0.909. The van der Waals surface area contributed by atoms with Crippen LogP contribution < -0.4 is 5.32 Å². The average Bonchev–Trinajstić information content (AvgIpc) is 2.37. The summed E-state index contributed by atoms with van der Waals surface area (Å²) in [4.78, 5) is 17.4. The second-order valence-corrected chi connectivity index (χ2v) is 11.1. The van der Waals surface area contributed by atoms with Crippen LogP contribution in [0.15, 0.2) is 5.16 Å². The van der Waals surface area contributed by atoms with E-state index in [9.17, 15) is 4.79 Å². The van der Waals surface area contributed by atoms with E-state index in [-0.39, 0.29) is 22.2 Å². The molecule has 0 aromatic heterocycles. The molecule has 0 aromatic rings. The largest absolute Gasteiger partial charge is 0.396 e. The second kappa shape index (κ2) is 10.9. The Bertz CT molecular complexity index is 417. The number of rotatable bonds is 10. The summed E-state index contributed by atoms with van der Waals surface area (Å²) in [6, 6.07) is 0. The highest BCUT2D eigenvalue weighted by Gasteiger charge is 2.20. The maximum Gasteiger partial charge on any atom is 0.219 e. The van der Waals surface area contributed by atoms with Crippen molar-refractivity contribution in [1.82, 2.24) is 5.32 Å². The Hall–Kier alpha value is -1.06. The molecule has 0 unspecified atom stereocenters. The van der Waals surface area contributed by atoms with Gasteiger partial charge in [-0.05, 0) is 48.3 Å². The molecule has 0 spiro atoms. The van der Waals surface area contributed by atoms with Crippen LogP contribution in [0.2, 0.25) is 0 Å². The molecule has 0 aliphatic carbocycles. The summed E-state index contributed by atoms with van der Waals surface area (Å²) in [5.41, 5.74) is 1.80. The molecule has 0 aliphatic rings. The van der Waals surface area contributed by atoms with E-state index in [1.807, 2.05) is 0 Å². The molecule has 4 nitrogen and oxygen atoms in total. The van der Waals surface area contributed by atoms with Crippen molar-refractivity contribution in [3.63, 3.8) is 0 Å². The number of nitrogens with zero attached hydrogens (tertiary/aromatic N) is 1. The highest BCUT2D eigenvalue weighted by Crippen LogP contribution is 2.26. The summed E-state index contributed by atoms with van der Waals surface area (Å²) in [6.07, 6.45) is 5.15. The number of unbranched alkanes of at least 4 members (excludes halogenated alkanes) is 1. The van der Waals surface area contributed by atoms with Crippen LogP contribution in [0.25, 0.3) is 0 Å². The molecule has 0 aliphatic heterocycles. The summed E-state index contributed by atoms with van der Waals surface area (Å²) < 4.78 is 0. The zero-order valence-corrected chi connectivity index (χ0v) is 18.9. The quantitative estimate of drug-likeness (QED) is 0.294. The Morgan fingerprint density at radius 1 is 0.846 bits per heavy atom. The molecule has 0 radical (unpaired) electrons. The predicted octanol–water partition coefficient (Wildman–Crippen LogP) is 5.95. The van der Waals surface area contributed by atoms with E-state index in [4.69, 9.17) is 4.84 Å². The van der Waals surface area contributed by atoms with Crippen molar-refractivity contribution in [2.24, 2.45) is 21.4 Å². The summed E-state index contributed by atoms with van der Waals surface area (Å²) in [5.74, 6) is 0.138. The zero-order chi connectivity index (χ0) is 20.4. The molecule has 0 heterocycles. The van der Waals surface area contributed by atoms with Crippen molar-refractivity contribution in [1.29, 1.82) is 0 Å². The molecule has 1 N–H and O–H groups in total. The van der Waals surface area contributed by atoms with Gasteiger partial charge in [0, 0.05) is 13.0 Å². The standard InChI is InChI=1S/C22H44N2O2/c1-20(2,3)13-14-23-19(25)12-10-11-15-26-24-18(16-21(4,5)6)17-22(7,8)9/h10-17H2,1-9H3,(H,23,25). The van der Waals surface area contributed by atoms with Crippen molar-refractivity contribution in [2.75, 3.05) is 13.2 Å². The molecule has 4 heteroatoms. The van der Waals surface area contributed by atoms with Crippen LogP contribution in [-0.4, -0.2) is 24.8 Å². The third-order valence-corrected chi connectivity index (χ3v) is 3.75. The first kappa shape index (κ1) is 24.9. The fourth-order valence-corrected chi connectivity index (χ4v) is 2.61. The van der Waals surface area contributed by atoms with Crippen molar-refractivity contribution < 1.29 is 9.63 Å². The Kier molecular flexibility index (Phi) is 10.5. The van der Waals surface area contributed by atoms with E-state index in [0.29, 0.717) is 13.0 Å². The van der Waals surface area contributed by atoms with Gasteiger partial charge in [-0.2, -0.15) is 0 Å². The van der Waals surface area contributed by atoms with Crippen LogP contribution in [0, 0.1) is 16.2 Å². The van der Waals surface area contributed by atoms with Gasteiger partial charge in [-0.3, -0.25) is 4.79 Å². The molecule has 0 saturated carbocycles.